The molecule has 104 valence electrons. The molecule has 1 unspecified atom stereocenters. The number of methoxy groups -OCH3 is 1. The molecule has 1 heterocycles. The molecule has 1 aliphatic rings. The molecule has 0 bridgehead atoms. The first kappa shape index (κ1) is 14.0. The van der Waals surface area contributed by atoms with Crippen LogP contribution in [0.25, 0.3) is 0 Å². The summed E-state index contributed by atoms with van der Waals surface area (Å²) in [6, 6.07) is 8.29. The number of benzene rings is 1. The van der Waals surface area contributed by atoms with E-state index in [-0.39, 0.29) is 5.97 Å². The highest BCUT2D eigenvalue weighted by molar-refractivity contribution is 5.89. The lowest BCUT2D eigenvalue weighted by molar-refractivity contribution is 0.0600. The van der Waals surface area contributed by atoms with Crippen LogP contribution in [-0.4, -0.2) is 55.6 Å². The Morgan fingerprint density at radius 1 is 1.32 bits per heavy atom. The number of rotatable bonds is 3. The van der Waals surface area contributed by atoms with Gasteiger partial charge in [0.05, 0.1) is 12.7 Å². The molecule has 2 rings (SSSR count). The molecule has 0 aromatic heterocycles. The molecule has 0 spiro atoms. The van der Waals surface area contributed by atoms with Gasteiger partial charge < -0.3 is 9.64 Å². The standard InChI is InChI=1S/C15H22N2O2/c1-12-10-17(9-8-16(12)2)11-13-4-6-14(7-5-13)15(18)19-3/h4-7,12H,8-11H2,1-3H3. The molecule has 1 aromatic carbocycles. The third kappa shape index (κ3) is 3.55. The second-order valence-electron chi connectivity index (χ2n) is 5.25. The fraction of sp³-hybridized carbons (Fsp3) is 0.533. The van der Waals surface area contributed by atoms with E-state index in [0.717, 1.165) is 26.2 Å². The van der Waals surface area contributed by atoms with Gasteiger partial charge in [-0.3, -0.25) is 4.90 Å². The fourth-order valence-corrected chi connectivity index (χ4v) is 2.39. The van der Waals surface area contributed by atoms with Crippen LogP contribution in [0.5, 0.6) is 0 Å². The monoisotopic (exact) mass is 262 g/mol. The van der Waals surface area contributed by atoms with E-state index in [0.29, 0.717) is 11.6 Å². The van der Waals surface area contributed by atoms with Crippen molar-refractivity contribution in [1.82, 2.24) is 9.80 Å². The van der Waals surface area contributed by atoms with Crippen molar-refractivity contribution in [3.8, 4) is 0 Å². The first-order valence-electron chi connectivity index (χ1n) is 6.70. The third-order valence-electron chi connectivity index (χ3n) is 3.83. The first-order valence-corrected chi connectivity index (χ1v) is 6.70. The van der Waals surface area contributed by atoms with Crippen LogP contribution in [-0.2, 0) is 11.3 Å². The average Bonchev–Trinajstić information content (AvgIpc) is 2.43. The van der Waals surface area contributed by atoms with Gasteiger partial charge in [-0.05, 0) is 31.7 Å². The Morgan fingerprint density at radius 2 is 2.00 bits per heavy atom. The van der Waals surface area contributed by atoms with Gasteiger partial charge in [-0.1, -0.05) is 12.1 Å². The predicted octanol–water partition coefficient (Wildman–Crippen LogP) is 1.61. The molecule has 0 amide bonds. The second kappa shape index (κ2) is 6.17. The lowest BCUT2D eigenvalue weighted by atomic mass is 10.1. The Labute approximate surface area is 115 Å². The first-order chi connectivity index (χ1) is 9.10. The van der Waals surface area contributed by atoms with Crippen LogP contribution in [0.2, 0.25) is 0 Å². The highest BCUT2D eigenvalue weighted by Gasteiger charge is 2.20. The molecule has 1 aliphatic heterocycles. The normalized spacial score (nSPS) is 21.3. The predicted molar refractivity (Wildman–Crippen MR) is 75.2 cm³/mol. The van der Waals surface area contributed by atoms with E-state index >= 15 is 0 Å². The van der Waals surface area contributed by atoms with E-state index in [1.165, 1.54) is 12.7 Å². The average molecular weight is 262 g/mol. The maximum atomic E-state index is 11.4. The van der Waals surface area contributed by atoms with Gasteiger partial charge in [-0.2, -0.15) is 0 Å². The summed E-state index contributed by atoms with van der Waals surface area (Å²) in [5.74, 6) is -0.278. The summed E-state index contributed by atoms with van der Waals surface area (Å²) in [5.41, 5.74) is 1.85. The maximum absolute atomic E-state index is 11.4. The molecule has 1 atom stereocenters. The summed E-state index contributed by atoms with van der Waals surface area (Å²) >= 11 is 0. The Kier molecular flexibility index (Phi) is 4.56. The molecule has 1 aromatic rings. The van der Waals surface area contributed by atoms with Gasteiger partial charge in [-0.25, -0.2) is 4.79 Å². The van der Waals surface area contributed by atoms with Crippen LogP contribution >= 0.6 is 0 Å². The summed E-state index contributed by atoms with van der Waals surface area (Å²) in [4.78, 5) is 16.2. The summed E-state index contributed by atoms with van der Waals surface area (Å²) in [5, 5.41) is 0. The minimum Gasteiger partial charge on any atom is -0.465 e. The van der Waals surface area contributed by atoms with Gasteiger partial charge in [0.1, 0.15) is 0 Å². The highest BCUT2D eigenvalue weighted by Crippen LogP contribution is 2.12. The van der Waals surface area contributed by atoms with Crippen LogP contribution in [0.3, 0.4) is 0 Å². The fourth-order valence-electron chi connectivity index (χ4n) is 2.39. The van der Waals surface area contributed by atoms with Crippen LogP contribution in [0.1, 0.15) is 22.8 Å². The van der Waals surface area contributed by atoms with Gasteiger partial charge in [-0.15, -0.1) is 0 Å². The van der Waals surface area contributed by atoms with Gasteiger partial charge in [0.2, 0.25) is 0 Å². The number of carbonyl (C=O) groups is 1. The zero-order valence-electron chi connectivity index (χ0n) is 11.9. The smallest absolute Gasteiger partial charge is 0.337 e. The Morgan fingerprint density at radius 3 is 2.58 bits per heavy atom. The second-order valence-corrected chi connectivity index (χ2v) is 5.25. The van der Waals surface area contributed by atoms with Crippen molar-refractivity contribution in [3.63, 3.8) is 0 Å². The Hall–Kier alpha value is -1.39. The Bertz CT molecular complexity index is 430. The van der Waals surface area contributed by atoms with Gasteiger partial charge in [0.15, 0.2) is 0 Å². The van der Waals surface area contributed by atoms with E-state index in [4.69, 9.17) is 4.74 Å². The lowest BCUT2D eigenvalue weighted by Gasteiger charge is -2.37. The van der Waals surface area contributed by atoms with Gasteiger partial charge in [0.25, 0.3) is 0 Å². The van der Waals surface area contributed by atoms with Crippen LogP contribution in [0.4, 0.5) is 0 Å². The van der Waals surface area contributed by atoms with Crippen LogP contribution < -0.4 is 0 Å². The zero-order valence-corrected chi connectivity index (χ0v) is 11.9. The number of nitrogens with zero attached hydrogens (tertiary/aromatic N) is 2. The molecule has 1 fully saturated rings. The van der Waals surface area contributed by atoms with E-state index < -0.39 is 0 Å². The third-order valence-corrected chi connectivity index (χ3v) is 3.83. The number of hydrogen-bond donors (Lipinski definition) is 0. The molecule has 1 saturated heterocycles. The molecule has 0 saturated carbocycles. The van der Waals surface area contributed by atoms with Crippen LogP contribution in [0, 0.1) is 0 Å². The number of carbonyl (C=O) groups excluding carboxylic acids is 1. The zero-order chi connectivity index (χ0) is 13.8. The summed E-state index contributed by atoms with van der Waals surface area (Å²) in [6.07, 6.45) is 0. The Balaban J connectivity index is 1.94. The number of piperazine rings is 1. The minimum atomic E-state index is -0.278. The number of likely N-dealkylation sites (N-methyl/N-ethyl adjacent to an activating group) is 1. The largest absolute Gasteiger partial charge is 0.465 e. The highest BCUT2D eigenvalue weighted by atomic mass is 16.5. The molecule has 4 heteroatoms. The van der Waals surface area contributed by atoms with Crippen LogP contribution in [0.15, 0.2) is 24.3 Å². The van der Waals surface area contributed by atoms with E-state index in [1.807, 2.05) is 24.3 Å². The number of ether oxygens (including phenoxy) is 1. The van der Waals surface area contributed by atoms with Crippen molar-refractivity contribution in [2.24, 2.45) is 0 Å². The minimum absolute atomic E-state index is 0.278. The van der Waals surface area contributed by atoms with Crippen molar-refractivity contribution < 1.29 is 9.53 Å². The number of hydrogen-bond acceptors (Lipinski definition) is 4. The van der Waals surface area contributed by atoms with Crippen molar-refractivity contribution in [3.05, 3.63) is 35.4 Å². The quantitative estimate of drug-likeness (QED) is 0.775. The number of esters is 1. The van der Waals surface area contributed by atoms with Gasteiger partial charge in [0, 0.05) is 32.2 Å². The molecular formula is C15H22N2O2. The van der Waals surface area contributed by atoms with Crippen molar-refractivity contribution in [1.29, 1.82) is 0 Å². The maximum Gasteiger partial charge on any atom is 0.337 e. The van der Waals surface area contributed by atoms with Gasteiger partial charge >= 0.3 is 5.97 Å². The van der Waals surface area contributed by atoms with E-state index in [2.05, 4.69) is 23.8 Å². The molecule has 4 nitrogen and oxygen atoms in total. The van der Waals surface area contributed by atoms with E-state index in [1.54, 1.807) is 0 Å². The van der Waals surface area contributed by atoms with Crippen molar-refractivity contribution >= 4 is 5.97 Å². The lowest BCUT2D eigenvalue weighted by Crippen LogP contribution is -2.49. The van der Waals surface area contributed by atoms with Crippen molar-refractivity contribution in [2.45, 2.75) is 19.5 Å². The molecule has 0 radical (unpaired) electrons. The summed E-state index contributed by atoms with van der Waals surface area (Å²) in [7, 11) is 3.58. The SMILES string of the molecule is COC(=O)c1ccc(CN2CCN(C)C(C)C2)cc1. The van der Waals surface area contributed by atoms with E-state index in [9.17, 15) is 4.79 Å². The summed E-state index contributed by atoms with van der Waals surface area (Å²) < 4.78 is 4.70. The molecule has 19 heavy (non-hydrogen) atoms. The topological polar surface area (TPSA) is 32.8 Å². The van der Waals surface area contributed by atoms with Crippen molar-refractivity contribution in [2.75, 3.05) is 33.8 Å². The molecular weight excluding hydrogens is 240 g/mol. The molecule has 0 N–H and O–H groups in total. The molecule has 0 aliphatic carbocycles. The summed E-state index contributed by atoms with van der Waals surface area (Å²) in [6.45, 7) is 6.50.